The summed E-state index contributed by atoms with van der Waals surface area (Å²) in [6, 6.07) is 0. The molecule has 0 aliphatic carbocycles. The van der Waals surface area contributed by atoms with Gasteiger partial charge in [-0.25, -0.2) is 17.6 Å². The van der Waals surface area contributed by atoms with Gasteiger partial charge in [0.1, 0.15) is 10.0 Å². The highest BCUT2D eigenvalue weighted by Gasteiger charge is 2.30. The van der Waals surface area contributed by atoms with Gasteiger partial charge in [-0.15, -0.1) is 20.4 Å². The number of unbranched alkanes of at least 4 members (excludes halogenated alkanes) is 12. The van der Waals surface area contributed by atoms with Crippen molar-refractivity contribution in [1.29, 1.82) is 0 Å². The third-order valence-electron chi connectivity index (χ3n) is 6.61. The quantitative estimate of drug-likeness (QED) is 0.0867. The molecule has 210 valence electrons. The Kier molecular flexibility index (Phi) is 13.1. The van der Waals surface area contributed by atoms with Crippen molar-refractivity contribution in [2.24, 2.45) is 0 Å². The van der Waals surface area contributed by atoms with Crippen molar-refractivity contribution >= 4 is 22.7 Å². The summed E-state index contributed by atoms with van der Waals surface area (Å²) in [4.78, 5) is 0. The monoisotopic (exact) mass is 570 g/mol. The smallest absolute Gasteiger partial charge is 0.173 e. The lowest BCUT2D eigenvalue weighted by atomic mass is 10.1. The van der Waals surface area contributed by atoms with Gasteiger partial charge < -0.3 is 0 Å². The molecule has 0 fully saturated rings. The molecule has 3 rings (SSSR count). The highest BCUT2D eigenvalue weighted by Crippen LogP contribution is 2.39. The molecule has 1 aromatic carbocycles. The highest BCUT2D eigenvalue weighted by atomic mass is 32.1. The van der Waals surface area contributed by atoms with Gasteiger partial charge in [0.05, 0.1) is 11.1 Å². The van der Waals surface area contributed by atoms with Crippen LogP contribution in [0, 0.1) is 23.3 Å². The van der Waals surface area contributed by atoms with Crippen LogP contribution in [-0.4, -0.2) is 20.4 Å². The van der Waals surface area contributed by atoms with Crippen LogP contribution < -0.4 is 0 Å². The molecular formula is C28H38F4N4S2. The largest absolute Gasteiger partial charge is 0.203 e. The number of aryl methyl sites for hydroxylation is 2. The number of halogens is 4. The van der Waals surface area contributed by atoms with E-state index in [9.17, 15) is 0 Å². The van der Waals surface area contributed by atoms with Crippen LogP contribution in [0.4, 0.5) is 17.6 Å². The molecule has 0 saturated heterocycles. The average Bonchev–Trinajstić information content (AvgIpc) is 3.57. The summed E-state index contributed by atoms with van der Waals surface area (Å²) < 4.78 is 60.1. The first-order valence-corrected chi connectivity index (χ1v) is 15.6. The van der Waals surface area contributed by atoms with E-state index in [2.05, 4.69) is 34.2 Å². The van der Waals surface area contributed by atoms with E-state index >= 15 is 17.6 Å². The molecule has 10 heteroatoms. The van der Waals surface area contributed by atoms with E-state index in [0.717, 1.165) is 61.2 Å². The molecule has 4 nitrogen and oxygen atoms in total. The predicted octanol–water partition coefficient (Wildman–Crippen LogP) is 9.87. The number of nitrogens with zero attached hydrogens (tertiary/aromatic N) is 4. The number of hydrogen-bond acceptors (Lipinski definition) is 6. The summed E-state index contributed by atoms with van der Waals surface area (Å²) in [5, 5.41) is 16.5. The van der Waals surface area contributed by atoms with Gasteiger partial charge in [0.15, 0.2) is 33.3 Å². The Balaban J connectivity index is 1.63. The molecule has 0 bridgehead atoms. The molecule has 0 saturated carbocycles. The number of rotatable bonds is 18. The molecule has 0 N–H and O–H groups in total. The number of hydrogen-bond donors (Lipinski definition) is 0. The van der Waals surface area contributed by atoms with Crippen LogP contribution in [0.1, 0.15) is 114 Å². The van der Waals surface area contributed by atoms with Gasteiger partial charge in [-0.3, -0.25) is 0 Å². The summed E-state index contributed by atoms with van der Waals surface area (Å²) in [6.45, 7) is 4.35. The van der Waals surface area contributed by atoms with Crippen molar-refractivity contribution in [2.75, 3.05) is 0 Å². The molecular weight excluding hydrogens is 532 g/mol. The molecule has 0 amide bonds. The van der Waals surface area contributed by atoms with E-state index in [0.29, 0.717) is 22.9 Å². The lowest BCUT2D eigenvalue weighted by Gasteiger charge is -2.08. The first-order chi connectivity index (χ1) is 18.5. The van der Waals surface area contributed by atoms with E-state index in [1.165, 1.54) is 51.4 Å². The van der Waals surface area contributed by atoms with E-state index < -0.39 is 34.4 Å². The zero-order valence-corrected chi connectivity index (χ0v) is 24.1. The first kappa shape index (κ1) is 30.6. The highest BCUT2D eigenvalue weighted by molar-refractivity contribution is 7.15. The Morgan fingerprint density at radius 2 is 0.763 bits per heavy atom. The van der Waals surface area contributed by atoms with Gasteiger partial charge >= 0.3 is 0 Å². The van der Waals surface area contributed by atoms with Crippen LogP contribution in [0.5, 0.6) is 0 Å². The summed E-state index contributed by atoms with van der Waals surface area (Å²) in [5.74, 6) is -5.94. The lowest BCUT2D eigenvalue weighted by molar-refractivity contribution is 0.462. The Morgan fingerprint density at radius 3 is 1.11 bits per heavy atom. The summed E-state index contributed by atoms with van der Waals surface area (Å²) in [6.07, 6.45) is 17.0. The molecule has 2 heterocycles. The van der Waals surface area contributed by atoms with Gasteiger partial charge in [0.25, 0.3) is 0 Å². The molecule has 0 atom stereocenters. The van der Waals surface area contributed by atoms with Crippen LogP contribution in [0.25, 0.3) is 21.1 Å². The maximum atomic E-state index is 15.0. The number of aromatic nitrogens is 4. The molecule has 3 aromatic rings. The first-order valence-electron chi connectivity index (χ1n) is 14.0. The fraction of sp³-hybridized carbons (Fsp3) is 0.643. The van der Waals surface area contributed by atoms with Gasteiger partial charge in [-0.05, 0) is 12.8 Å². The summed E-state index contributed by atoms with van der Waals surface area (Å²) >= 11 is 1.93. The summed E-state index contributed by atoms with van der Waals surface area (Å²) in [7, 11) is 0. The van der Waals surface area contributed by atoms with E-state index in [4.69, 9.17) is 0 Å². The van der Waals surface area contributed by atoms with Crippen molar-refractivity contribution in [2.45, 2.75) is 117 Å². The van der Waals surface area contributed by atoms with Crippen molar-refractivity contribution in [3.05, 3.63) is 33.3 Å². The molecule has 0 radical (unpaired) electrons. The SMILES string of the molecule is CCCCCCCCCc1nnc(-c2c(F)c(F)c(-c3nnc(CCCCCCCCC)s3)c(F)c2F)s1. The minimum Gasteiger partial charge on any atom is -0.203 e. The molecule has 0 aliphatic heterocycles. The zero-order valence-electron chi connectivity index (χ0n) is 22.4. The van der Waals surface area contributed by atoms with E-state index in [1.54, 1.807) is 0 Å². The molecule has 0 unspecified atom stereocenters. The van der Waals surface area contributed by atoms with Crippen molar-refractivity contribution in [3.63, 3.8) is 0 Å². The summed E-state index contributed by atoms with van der Waals surface area (Å²) in [5.41, 5.74) is -1.64. The molecule has 2 aromatic heterocycles. The van der Waals surface area contributed by atoms with Crippen molar-refractivity contribution < 1.29 is 17.6 Å². The number of benzene rings is 1. The maximum absolute atomic E-state index is 15.0. The average molecular weight is 571 g/mol. The van der Waals surface area contributed by atoms with Crippen LogP contribution in [0.15, 0.2) is 0 Å². The second kappa shape index (κ2) is 16.2. The van der Waals surface area contributed by atoms with E-state index in [1.807, 2.05) is 0 Å². The third-order valence-corrected chi connectivity index (χ3v) is 8.61. The van der Waals surface area contributed by atoms with Gasteiger partial charge in [0, 0.05) is 12.8 Å². The second-order valence-electron chi connectivity index (χ2n) is 9.75. The predicted molar refractivity (Wildman–Crippen MR) is 147 cm³/mol. The van der Waals surface area contributed by atoms with E-state index in [-0.39, 0.29) is 10.0 Å². The van der Waals surface area contributed by atoms with Gasteiger partial charge in [-0.1, -0.05) is 114 Å². The van der Waals surface area contributed by atoms with Gasteiger partial charge in [-0.2, -0.15) is 0 Å². The zero-order chi connectivity index (χ0) is 27.3. The maximum Gasteiger partial charge on any atom is 0.173 e. The lowest BCUT2D eigenvalue weighted by Crippen LogP contribution is -2.03. The minimum atomic E-state index is -1.48. The third kappa shape index (κ3) is 8.53. The van der Waals surface area contributed by atoms with Crippen molar-refractivity contribution in [3.8, 4) is 21.1 Å². The second-order valence-corrected chi connectivity index (χ2v) is 11.9. The Bertz CT molecular complexity index is 1020. The van der Waals surface area contributed by atoms with Crippen LogP contribution in [-0.2, 0) is 12.8 Å². The Labute approximate surface area is 231 Å². The molecule has 0 spiro atoms. The standard InChI is InChI=1S/C28H38F4N4S2/c1-3-5-7-9-11-13-15-17-19-33-35-27(37-19)21-23(29)25(31)22(26(32)24(21)30)28-36-34-20(38-28)18-16-14-12-10-8-6-4-2/h3-18H2,1-2H3. The molecule has 0 aliphatic rings. The fourth-order valence-electron chi connectivity index (χ4n) is 4.39. The normalized spacial score (nSPS) is 11.5. The van der Waals surface area contributed by atoms with Crippen LogP contribution >= 0.6 is 22.7 Å². The Morgan fingerprint density at radius 1 is 0.447 bits per heavy atom. The van der Waals surface area contributed by atoms with Crippen LogP contribution in [0.2, 0.25) is 0 Å². The molecule has 38 heavy (non-hydrogen) atoms. The Hall–Kier alpha value is -1.94. The van der Waals surface area contributed by atoms with Crippen LogP contribution in [0.3, 0.4) is 0 Å². The van der Waals surface area contributed by atoms with Crippen molar-refractivity contribution in [1.82, 2.24) is 20.4 Å². The minimum absolute atomic E-state index is 0.167. The topological polar surface area (TPSA) is 51.6 Å². The fourth-order valence-corrected chi connectivity index (χ4v) is 6.21. The van der Waals surface area contributed by atoms with Gasteiger partial charge in [0.2, 0.25) is 0 Å².